The van der Waals surface area contributed by atoms with Crippen molar-refractivity contribution in [3.63, 3.8) is 0 Å². The molecule has 2 aromatic rings. The lowest BCUT2D eigenvalue weighted by Crippen LogP contribution is -2.02. The highest BCUT2D eigenvalue weighted by Crippen LogP contribution is 2.25. The first-order valence-electron chi connectivity index (χ1n) is 6.34. The first-order chi connectivity index (χ1) is 9.33. The van der Waals surface area contributed by atoms with Gasteiger partial charge in [0.2, 0.25) is 0 Å². The van der Waals surface area contributed by atoms with Crippen LogP contribution in [0.15, 0.2) is 47.5 Å². The van der Waals surface area contributed by atoms with Crippen LogP contribution < -0.4 is 5.32 Å². The summed E-state index contributed by atoms with van der Waals surface area (Å²) in [5.41, 5.74) is 2.15. The topological polar surface area (TPSA) is 45.2 Å². The van der Waals surface area contributed by atoms with Gasteiger partial charge in [-0.15, -0.1) is 11.8 Å². The van der Waals surface area contributed by atoms with E-state index < -0.39 is 0 Å². The molecule has 1 aromatic heterocycles. The van der Waals surface area contributed by atoms with E-state index in [-0.39, 0.29) is 6.61 Å². The van der Waals surface area contributed by atoms with E-state index in [2.05, 4.69) is 23.3 Å². The van der Waals surface area contributed by atoms with Crippen LogP contribution in [0.1, 0.15) is 18.1 Å². The fourth-order valence-electron chi connectivity index (χ4n) is 1.73. The third kappa shape index (κ3) is 3.98. The van der Waals surface area contributed by atoms with Crippen molar-refractivity contribution in [1.82, 2.24) is 4.98 Å². The maximum Gasteiger partial charge on any atom is 0.129 e. The molecule has 1 aromatic carbocycles. The molecule has 1 heterocycles. The van der Waals surface area contributed by atoms with Crippen LogP contribution in [0.5, 0.6) is 0 Å². The highest BCUT2D eigenvalue weighted by atomic mass is 32.2. The minimum absolute atomic E-state index is 0.0954. The zero-order valence-corrected chi connectivity index (χ0v) is 11.8. The molecule has 0 atom stereocenters. The summed E-state index contributed by atoms with van der Waals surface area (Å²) in [5.74, 6) is 1.85. The molecule has 0 aliphatic carbocycles. The second kappa shape index (κ2) is 7.16. The lowest BCUT2D eigenvalue weighted by atomic mass is 10.2. The second-order valence-electron chi connectivity index (χ2n) is 4.13. The largest absolute Gasteiger partial charge is 0.392 e. The number of hydrogen-bond donors (Lipinski definition) is 2. The minimum atomic E-state index is 0.0954. The summed E-state index contributed by atoms with van der Waals surface area (Å²) in [5, 5.41) is 12.3. The zero-order chi connectivity index (χ0) is 13.5. The Morgan fingerprint density at radius 3 is 2.68 bits per heavy atom. The summed E-state index contributed by atoms with van der Waals surface area (Å²) >= 11 is 1.77. The Bertz CT molecular complexity index is 514. The van der Waals surface area contributed by atoms with E-state index >= 15 is 0 Å². The molecule has 4 heteroatoms. The molecule has 0 amide bonds. The van der Waals surface area contributed by atoms with Gasteiger partial charge < -0.3 is 10.4 Å². The van der Waals surface area contributed by atoms with Crippen molar-refractivity contribution in [2.45, 2.75) is 24.2 Å². The van der Waals surface area contributed by atoms with E-state index in [1.807, 2.05) is 36.5 Å². The Labute approximate surface area is 118 Å². The van der Waals surface area contributed by atoms with E-state index in [0.29, 0.717) is 0 Å². The predicted molar refractivity (Wildman–Crippen MR) is 80.3 cm³/mol. The molecule has 0 bridgehead atoms. The average Bonchev–Trinajstić information content (AvgIpc) is 2.47. The standard InChI is InChI=1S/C15H18N2OS/c1-2-16-15-13(4-3-9-17-15)11-19-14-7-5-12(10-18)6-8-14/h3-9,18H,2,10-11H2,1H3,(H,16,17). The van der Waals surface area contributed by atoms with Crippen molar-refractivity contribution in [2.75, 3.05) is 11.9 Å². The second-order valence-corrected chi connectivity index (χ2v) is 5.18. The summed E-state index contributed by atoms with van der Waals surface area (Å²) in [6.07, 6.45) is 1.81. The molecule has 0 saturated heterocycles. The van der Waals surface area contributed by atoms with Gasteiger partial charge in [-0.1, -0.05) is 18.2 Å². The monoisotopic (exact) mass is 274 g/mol. The maximum absolute atomic E-state index is 9.01. The van der Waals surface area contributed by atoms with Gasteiger partial charge in [-0.25, -0.2) is 4.98 Å². The molecule has 2 N–H and O–H groups in total. The molecule has 19 heavy (non-hydrogen) atoms. The van der Waals surface area contributed by atoms with Gasteiger partial charge in [-0.2, -0.15) is 0 Å². The van der Waals surface area contributed by atoms with E-state index in [0.717, 1.165) is 23.7 Å². The van der Waals surface area contributed by atoms with Gasteiger partial charge >= 0.3 is 0 Å². The molecule has 0 aliphatic heterocycles. The van der Waals surface area contributed by atoms with E-state index in [9.17, 15) is 0 Å². The lowest BCUT2D eigenvalue weighted by molar-refractivity contribution is 0.282. The van der Waals surface area contributed by atoms with Gasteiger partial charge in [0.1, 0.15) is 5.82 Å². The Morgan fingerprint density at radius 2 is 2.00 bits per heavy atom. The van der Waals surface area contributed by atoms with Gasteiger partial charge in [0, 0.05) is 29.0 Å². The molecular formula is C15H18N2OS. The smallest absolute Gasteiger partial charge is 0.129 e. The number of aliphatic hydroxyl groups excluding tert-OH is 1. The van der Waals surface area contributed by atoms with Crippen molar-refractivity contribution in [3.8, 4) is 0 Å². The molecule has 0 saturated carbocycles. The summed E-state index contributed by atoms with van der Waals surface area (Å²) < 4.78 is 0. The maximum atomic E-state index is 9.01. The number of thioether (sulfide) groups is 1. The normalized spacial score (nSPS) is 10.4. The van der Waals surface area contributed by atoms with Crippen LogP contribution in [0.25, 0.3) is 0 Å². The SMILES string of the molecule is CCNc1ncccc1CSc1ccc(CO)cc1. The number of aromatic nitrogens is 1. The number of pyridine rings is 1. The molecule has 0 aliphatic rings. The minimum Gasteiger partial charge on any atom is -0.392 e. The highest BCUT2D eigenvalue weighted by Gasteiger charge is 2.03. The fraction of sp³-hybridized carbons (Fsp3) is 0.267. The number of anilines is 1. The number of nitrogens with one attached hydrogen (secondary N) is 1. The molecule has 0 radical (unpaired) electrons. The fourth-order valence-corrected chi connectivity index (χ4v) is 2.62. The highest BCUT2D eigenvalue weighted by molar-refractivity contribution is 7.98. The summed E-state index contributed by atoms with van der Waals surface area (Å²) in [7, 11) is 0. The summed E-state index contributed by atoms with van der Waals surface area (Å²) in [4.78, 5) is 5.55. The van der Waals surface area contributed by atoms with Gasteiger partial charge in [-0.05, 0) is 30.7 Å². The van der Waals surface area contributed by atoms with Crippen LogP contribution in [0.4, 0.5) is 5.82 Å². The summed E-state index contributed by atoms with van der Waals surface area (Å²) in [6, 6.07) is 12.1. The van der Waals surface area contributed by atoms with E-state index in [1.165, 1.54) is 10.5 Å². The Morgan fingerprint density at radius 1 is 1.21 bits per heavy atom. The summed E-state index contributed by atoms with van der Waals surface area (Å²) in [6.45, 7) is 3.04. The average molecular weight is 274 g/mol. The van der Waals surface area contributed by atoms with E-state index in [4.69, 9.17) is 5.11 Å². The van der Waals surface area contributed by atoms with Crippen LogP contribution in [-0.2, 0) is 12.4 Å². The van der Waals surface area contributed by atoms with E-state index in [1.54, 1.807) is 11.8 Å². The third-order valence-corrected chi connectivity index (χ3v) is 3.80. The number of benzene rings is 1. The van der Waals surface area contributed by atoms with Crippen molar-refractivity contribution >= 4 is 17.6 Å². The molecule has 3 nitrogen and oxygen atoms in total. The van der Waals surface area contributed by atoms with Crippen LogP contribution in [-0.4, -0.2) is 16.6 Å². The van der Waals surface area contributed by atoms with Crippen molar-refractivity contribution in [2.24, 2.45) is 0 Å². The van der Waals surface area contributed by atoms with Crippen molar-refractivity contribution in [3.05, 3.63) is 53.7 Å². The molecular weight excluding hydrogens is 256 g/mol. The number of rotatable bonds is 6. The van der Waals surface area contributed by atoms with Crippen LogP contribution in [0.3, 0.4) is 0 Å². The van der Waals surface area contributed by atoms with Crippen molar-refractivity contribution in [1.29, 1.82) is 0 Å². The first kappa shape index (κ1) is 13.9. The lowest BCUT2D eigenvalue weighted by Gasteiger charge is -2.09. The predicted octanol–water partition coefficient (Wildman–Crippen LogP) is 3.30. The van der Waals surface area contributed by atoms with Crippen molar-refractivity contribution < 1.29 is 5.11 Å². The van der Waals surface area contributed by atoms with Gasteiger partial charge in [0.25, 0.3) is 0 Å². The number of aliphatic hydroxyl groups is 1. The van der Waals surface area contributed by atoms with Crippen LogP contribution in [0.2, 0.25) is 0 Å². The zero-order valence-electron chi connectivity index (χ0n) is 11.0. The molecule has 100 valence electrons. The number of hydrogen-bond acceptors (Lipinski definition) is 4. The molecule has 0 fully saturated rings. The Hall–Kier alpha value is -1.52. The number of nitrogens with zero attached hydrogens (tertiary/aromatic N) is 1. The first-order valence-corrected chi connectivity index (χ1v) is 7.32. The van der Waals surface area contributed by atoms with Gasteiger partial charge in [0.15, 0.2) is 0 Å². The Balaban J connectivity index is 2.01. The van der Waals surface area contributed by atoms with Crippen LogP contribution in [0, 0.1) is 0 Å². The third-order valence-electron chi connectivity index (χ3n) is 2.74. The molecule has 0 spiro atoms. The van der Waals surface area contributed by atoms with Gasteiger partial charge in [0.05, 0.1) is 6.61 Å². The van der Waals surface area contributed by atoms with Crippen LogP contribution >= 0.6 is 11.8 Å². The van der Waals surface area contributed by atoms with Gasteiger partial charge in [-0.3, -0.25) is 0 Å². The molecule has 2 rings (SSSR count). The quantitative estimate of drug-likeness (QED) is 0.793. The molecule has 0 unspecified atom stereocenters. The Kier molecular flexibility index (Phi) is 5.24.